The molecule has 0 saturated carbocycles. The zero-order chi connectivity index (χ0) is 27.4. The van der Waals surface area contributed by atoms with E-state index in [0.717, 1.165) is 22.4 Å². The van der Waals surface area contributed by atoms with Crippen molar-refractivity contribution in [2.45, 2.75) is 31.6 Å². The minimum atomic E-state index is -3.84. The third-order valence-electron chi connectivity index (χ3n) is 7.64. The molecule has 9 heteroatoms. The van der Waals surface area contributed by atoms with Crippen LogP contribution in [-0.4, -0.2) is 46.4 Å². The molecule has 0 spiro atoms. The zero-order valence-corrected chi connectivity index (χ0v) is 22.5. The molecule has 198 valence electrons. The van der Waals surface area contributed by atoms with Crippen molar-refractivity contribution < 1.29 is 17.6 Å². The molecule has 7 nitrogen and oxygen atoms in total. The number of ketones is 1. The average molecular weight is 543 g/mol. The second-order valence-corrected chi connectivity index (χ2v) is 12.2. The van der Waals surface area contributed by atoms with Crippen LogP contribution in [0.5, 0.6) is 0 Å². The lowest BCUT2D eigenvalue weighted by atomic mass is 9.65. The Hall–Kier alpha value is -3.95. The van der Waals surface area contributed by atoms with E-state index in [9.17, 15) is 17.6 Å². The fourth-order valence-corrected chi connectivity index (χ4v) is 7.25. The van der Waals surface area contributed by atoms with Gasteiger partial charge in [-0.3, -0.25) is 4.79 Å². The van der Waals surface area contributed by atoms with Crippen molar-refractivity contribution in [1.82, 2.24) is 19.1 Å². The van der Waals surface area contributed by atoms with Gasteiger partial charge >= 0.3 is 0 Å². The van der Waals surface area contributed by atoms with Gasteiger partial charge < -0.3 is 0 Å². The van der Waals surface area contributed by atoms with Crippen LogP contribution in [0.1, 0.15) is 39.4 Å². The van der Waals surface area contributed by atoms with Gasteiger partial charge in [0.2, 0.25) is 10.0 Å². The molecular weight excluding hydrogens is 515 g/mol. The normalized spacial score (nSPS) is 19.2. The molecule has 4 aromatic rings. The molecule has 2 aliphatic rings. The Bertz CT molecular complexity index is 1740. The zero-order valence-electron chi connectivity index (χ0n) is 21.6. The highest BCUT2D eigenvalue weighted by molar-refractivity contribution is 7.89. The lowest BCUT2D eigenvalue weighted by Crippen LogP contribution is -2.53. The lowest BCUT2D eigenvalue weighted by molar-refractivity contribution is 0.0770. The van der Waals surface area contributed by atoms with Gasteiger partial charge in [0.15, 0.2) is 5.78 Å². The molecule has 3 heterocycles. The van der Waals surface area contributed by atoms with Gasteiger partial charge in [-0.15, -0.1) is 0 Å². The fraction of sp³-hybridized carbons (Fsp3) is 0.233. The van der Waals surface area contributed by atoms with E-state index in [1.807, 2.05) is 32.1 Å². The summed E-state index contributed by atoms with van der Waals surface area (Å²) in [5.41, 5.74) is 3.93. The van der Waals surface area contributed by atoms with Crippen molar-refractivity contribution >= 4 is 21.9 Å². The van der Waals surface area contributed by atoms with Crippen LogP contribution in [-0.2, 0) is 16.4 Å². The van der Waals surface area contributed by atoms with Crippen LogP contribution in [0.2, 0.25) is 0 Å². The summed E-state index contributed by atoms with van der Waals surface area (Å²) in [6.45, 7) is 3.93. The first-order valence-electron chi connectivity index (χ1n) is 12.8. The average Bonchev–Trinajstić information content (AvgIpc) is 3.33. The Morgan fingerprint density at radius 3 is 2.54 bits per heavy atom. The quantitative estimate of drug-likeness (QED) is 0.334. The van der Waals surface area contributed by atoms with Crippen molar-refractivity contribution in [1.29, 1.82) is 0 Å². The molecule has 0 N–H and O–H groups in total. The maximum absolute atomic E-state index is 14.3. The number of nitrogens with zero attached hydrogens (tertiary/aromatic N) is 4. The molecule has 0 unspecified atom stereocenters. The summed E-state index contributed by atoms with van der Waals surface area (Å²) in [4.78, 5) is 19.0. The number of halogens is 1. The Kier molecular flexibility index (Phi) is 6.08. The van der Waals surface area contributed by atoms with Gasteiger partial charge in [-0.2, -0.15) is 9.40 Å². The van der Waals surface area contributed by atoms with Crippen molar-refractivity contribution in [2.24, 2.45) is 5.41 Å². The Morgan fingerprint density at radius 1 is 1.03 bits per heavy atom. The van der Waals surface area contributed by atoms with Gasteiger partial charge in [-0.25, -0.2) is 22.5 Å². The van der Waals surface area contributed by atoms with Crippen molar-refractivity contribution in [3.8, 4) is 5.69 Å². The largest absolute Gasteiger partial charge is 0.291 e. The number of hydrogen-bond donors (Lipinski definition) is 0. The van der Waals surface area contributed by atoms with E-state index in [1.165, 1.54) is 16.4 Å². The van der Waals surface area contributed by atoms with E-state index in [1.54, 1.807) is 53.3 Å². The van der Waals surface area contributed by atoms with Gasteiger partial charge in [0.25, 0.3) is 0 Å². The maximum Gasteiger partial charge on any atom is 0.243 e. The standard InChI is InChI=1S/C30H27FN4O3S/c1-20-5-3-7-26(15-20)39(37,38)34-14-13-23-16-28-22(18-32-35(28)25-11-9-24(31)10-12-25)17-30(23,19-34)29(36)27-8-4-6-21(2)33-27/h3-12,15-16,18H,13-14,17,19H2,1-2H3/t30-/m0/s1. The summed E-state index contributed by atoms with van der Waals surface area (Å²) in [5.74, 6) is -0.544. The molecule has 6 rings (SSSR count). The van der Waals surface area contributed by atoms with Gasteiger partial charge in [0.1, 0.15) is 11.5 Å². The number of benzene rings is 2. The first kappa shape index (κ1) is 25.3. The van der Waals surface area contributed by atoms with Crippen LogP contribution in [0.4, 0.5) is 4.39 Å². The number of pyridine rings is 1. The number of sulfonamides is 1. The number of carbonyl (C=O) groups excluding carboxylic acids is 1. The first-order chi connectivity index (χ1) is 18.7. The summed E-state index contributed by atoms with van der Waals surface area (Å²) in [7, 11) is -3.84. The number of carbonyl (C=O) groups is 1. The summed E-state index contributed by atoms with van der Waals surface area (Å²) >= 11 is 0. The maximum atomic E-state index is 14.3. The predicted molar refractivity (Wildman–Crippen MR) is 145 cm³/mol. The van der Waals surface area contributed by atoms with Crippen molar-refractivity contribution in [3.63, 3.8) is 0 Å². The molecule has 2 aromatic heterocycles. The Balaban J connectivity index is 1.46. The van der Waals surface area contributed by atoms with Crippen LogP contribution >= 0.6 is 0 Å². The Labute approximate surface area is 226 Å². The van der Waals surface area contributed by atoms with Crippen molar-refractivity contribution in [3.05, 3.63) is 113 Å². The molecular formula is C30H27FN4O3S. The second kappa shape index (κ2) is 9.36. The van der Waals surface area contributed by atoms with Crippen LogP contribution in [0, 0.1) is 25.1 Å². The molecule has 0 amide bonds. The fourth-order valence-electron chi connectivity index (χ4n) is 5.65. The number of aryl methyl sites for hydroxylation is 2. The SMILES string of the molecule is Cc1cccc(S(=O)(=O)N2CCC3=Cc4c(cnn4-c4ccc(F)cc4)C[C@]3(C(=O)c3cccc(C)n3)C2)c1. The van der Waals surface area contributed by atoms with Gasteiger partial charge in [-0.1, -0.05) is 23.8 Å². The number of piperidine rings is 1. The summed E-state index contributed by atoms with van der Waals surface area (Å²) in [6.07, 6.45) is 4.33. The predicted octanol–water partition coefficient (Wildman–Crippen LogP) is 4.93. The van der Waals surface area contributed by atoms with Gasteiger partial charge in [-0.05, 0) is 92.4 Å². The molecule has 1 fully saturated rings. The highest BCUT2D eigenvalue weighted by Gasteiger charge is 2.51. The monoisotopic (exact) mass is 542 g/mol. The summed E-state index contributed by atoms with van der Waals surface area (Å²) in [5, 5.41) is 4.55. The minimum Gasteiger partial charge on any atom is -0.291 e. The summed E-state index contributed by atoms with van der Waals surface area (Å²) in [6, 6.07) is 18.2. The second-order valence-electron chi connectivity index (χ2n) is 10.3. The number of fused-ring (bicyclic) bond motifs is 2. The Morgan fingerprint density at radius 2 is 1.79 bits per heavy atom. The number of Topliss-reactive ketones (excluding diaryl/α,β-unsaturated/α-hetero) is 1. The van der Waals surface area contributed by atoms with Crippen LogP contribution < -0.4 is 0 Å². The molecule has 39 heavy (non-hydrogen) atoms. The third kappa shape index (κ3) is 4.31. The first-order valence-corrected chi connectivity index (χ1v) is 14.2. The van der Waals surface area contributed by atoms with E-state index in [2.05, 4.69) is 10.1 Å². The van der Waals surface area contributed by atoms with Gasteiger partial charge in [0, 0.05) is 18.8 Å². The van der Waals surface area contributed by atoms with E-state index < -0.39 is 15.4 Å². The molecule has 1 aliphatic carbocycles. The number of hydrogen-bond acceptors (Lipinski definition) is 5. The molecule has 0 bridgehead atoms. The van der Waals surface area contributed by atoms with E-state index in [-0.39, 0.29) is 36.0 Å². The van der Waals surface area contributed by atoms with Crippen LogP contribution in [0.3, 0.4) is 0 Å². The van der Waals surface area contributed by atoms with E-state index >= 15 is 0 Å². The molecule has 1 aliphatic heterocycles. The smallest absolute Gasteiger partial charge is 0.243 e. The molecule has 1 saturated heterocycles. The number of rotatable bonds is 5. The number of aromatic nitrogens is 3. The van der Waals surface area contributed by atoms with Crippen molar-refractivity contribution in [2.75, 3.05) is 13.1 Å². The topological polar surface area (TPSA) is 85.2 Å². The summed E-state index contributed by atoms with van der Waals surface area (Å²) < 4.78 is 44.3. The third-order valence-corrected chi connectivity index (χ3v) is 9.48. The van der Waals surface area contributed by atoms with E-state index in [0.29, 0.717) is 23.5 Å². The van der Waals surface area contributed by atoms with Gasteiger partial charge in [0.05, 0.1) is 27.9 Å². The molecule has 0 radical (unpaired) electrons. The van der Waals surface area contributed by atoms with Crippen LogP contribution in [0.15, 0.2) is 83.4 Å². The molecule has 2 aromatic carbocycles. The molecule has 1 atom stereocenters. The lowest BCUT2D eigenvalue weighted by Gasteiger charge is -2.44. The van der Waals surface area contributed by atoms with Crippen LogP contribution in [0.25, 0.3) is 11.8 Å². The highest BCUT2D eigenvalue weighted by Crippen LogP contribution is 2.47. The van der Waals surface area contributed by atoms with E-state index in [4.69, 9.17) is 0 Å². The minimum absolute atomic E-state index is 0.00469. The highest BCUT2D eigenvalue weighted by atomic mass is 32.2.